The molecule has 2 aromatic carbocycles. The zero-order valence-corrected chi connectivity index (χ0v) is 23.3. The molecule has 0 heterocycles. The minimum absolute atomic E-state index is 0.0648. The highest BCUT2D eigenvalue weighted by molar-refractivity contribution is 5.94. The fraction of sp³-hybridized carbons (Fsp3) is 0.576. The van der Waals surface area contributed by atoms with Crippen molar-refractivity contribution in [2.45, 2.75) is 109 Å². The molecule has 0 aliphatic heterocycles. The highest BCUT2D eigenvalue weighted by atomic mass is 16.2. The lowest BCUT2D eigenvalue weighted by Crippen LogP contribution is -2.39. The summed E-state index contributed by atoms with van der Waals surface area (Å²) in [7, 11) is 0. The third-order valence-electron chi connectivity index (χ3n) is 8.71. The van der Waals surface area contributed by atoms with Gasteiger partial charge < -0.3 is 10.6 Å². The number of nitrogens with one attached hydrogen (secondary N) is 2. The smallest absolute Gasteiger partial charge is 0.251 e. The molecule has 4 rings (SSSR count). The molecule has 0 spiro atoms. The summed E-state index contributed by atoms with van der Waals surface area (Å²) in [4.78, 5) is 25.4. The van der Waals surface area contributed by atoms with Gasteiger partial charge in [0, 0.05) is 23.2 Å². The van der Waals surface area contributed by atoms with E-state index in [0.29, 0.717) is 23.9 Å². The van der Waals surface area contributed by atoms with E-state index in [-0.39, 0.29) is 11.8 Å². The first kappa shape index (κ1) is 27.4. The fourth-order valence-electron chi connectivity index (χ4n) is 6.13. The summed E-state index contributed by atoms with van der Waals surface area (Å²) < 4.78 is 0. The van der Waals surface area contributed by atoms with Gasteiger partial charge in [0.1, 0.15) is 0 Å². The van der Waals surface area contributed by atoms with Crippen LogP contribution in [0.4, 0.5) is 0 Å². The molecule has 2 N–H and O–H groups in total. The Hall–Kier alpha value is -2.62. The van der Waals surface area contributed by atoms with Gasteiger partial charge in [0.2, 0.25) is 0 Å². The number of benzene rings is 2. The summed E-state index contributed by atoms with van der Waals surface area (Å²) in [6, 6.07) is 16.7. The van der Waals surface area contributed by atoms with Crippen LogP contribution in [0.2, 0.25) is 0 Å². The van der Waals surface area contributed by atoms with E-state index in [9.17, 15) is 9.59 Å². The van der Waals surface area contributed by atoms with Gasteiger partial charge in [0.25, 0.3) is 11.8 Å². The lowest BCUT2D eigenvalue weighted by Gasteiger charge is -2.34. The SMILES string of the molecule is CC(C)c1ccc(C(=O)NC2CCC(CC3CCC(NC(=O)c4ccc(C(C)C)cc4)CC3)CC2)cc1. The van der Waals surface area contributed by atoms with Crippen LogP contribution in [0.3, 0.4) is 0 Å². The summed E-state index contributed by atoms with van der Waals surface area (Å²) in [5.74, 6) is 2.63. The molecule has 4 nitrogen and oxygen atoms in total. The Labute approximate surface area is 224 Å². The largest absolute Gasteiger partial charge is 0.349 e. The van der Waals surface area contributed by atoms with Crippen LogP contribution in [0.15, 0.2) is 48.5 Å². The second-order valence-electron chi connectivity index (χ2n) is 12.2. The van der Waals surface area contributed by atoms with E-state index in [4.69, 9.17) is 0 Å². The van der Waals surface area contributed by atoms with Crippen molar-refractivity contribution in [2.75, 3.05) is 0 Å². The lowest BCUT2D eigenvalue weighted by atomic mass is 9.75. The first-order chi connectivity index (χ1) is 17.8. The molecule has 37 heavy (non-hydrogen) atoms. The van der Waals surface area contributed by atoms with Crippen LogP contribution < -0.4 is 10.6 Å². The number of rotatable bonds is 8. The molecule has 4 heteroatoms. The molecule has 2 saturated carbocycles. The van der Waals surface area contributed by atoms with Gasteiger partial charge in [-0.05, 0) is 117 Å². The van der Waals surface area contributed by atoms with Crippen LogP contribution >= 0.6 is 0 Å². The molecule has 2 fully saturated rings. The van der Waals surface area contributed by atoms with Gasteiger partial charge in [-0.1, -0.05) is 52.0 Å². The van der Waals surface area contributed by atoms with Crippen molar-refractivity contribution in [2.24, 2.45) is 11.8 Å². The minimum Gasteiger partial charge on any atom is -0.349 e. The van der Waals surface area contributed by atoms with Crippen molar-refractivity contribution < 1.29 is 9.59 Å². The van der Waals surface area contributed by atoms with Crippen molar-refractivity contribution in [1.82, 2.24) is 10.6 Å². The molecule has 0 radical (unpaired) electrons. The third-order valence-corrected chi connectivity index (χ3v) is 8.71. The predicted octanol–water partition coefficient (Wildman–Crippen LogP) is 7.60. The third kappa shape index (κ3) is 7.69. The summed E-state index contributed by atoms with van der Waals surface area (Å²) in [5, 5.41) is 6.55. The molecule has 0 bridgehead atoms. The first-order valence-corrected chi connectivity index (χ1v) is 14.6. The molecular weight excluding hydrogens is 456 g/mol. The molecule has 2 aromatic rings. The van der Waals surface area contributed by atoms with Gasteiger partial charge in [0.15, 0.2) is 0 Å². The van der Waals surface area contributed by atoms with E-state index >= 15 is 0 Å². The molecule has 2 amide bonds. The van der Waals surface area contributed by atoms with Crippen LogP contribution in [0, 0.1) is 11.8 Å². The maximum atomic E-state index is 12.7. The molecule has 2 aliphatic rings. The van der Waals surface area contributed by atoms with E-state index in [1.54, 1.807) is 0 Å². The van der Waals surface area contributed by atoms with Crippen molar-refractivity contribution in [3.05, 3.63) is 70.8 Å². The van der Waals surface area contributed by atoms with E-state index in [1.165, 1.54) is 43.2 Å². The molecular formula is C33H46N2O2. The van der Waals surface area contributed by atoms with Crippen molar-refractivity contribution >= 4 is 11.8 Å². The average Bonchev–Trinajstić information content (AvgIpc) is 2.91. The molecule has 0 atom stereocenters. The quantitative estimate of drug-likeness (QED) is 0.390. The Balaban J connectivity index is 1.14. The second-order valence-corrected chi connectivity index (χ2v) is 12.2. The zero-order chi connectivity index (χ0) is 26.4. The zero-order valence-electron chi connectivity index (χ0n) is 23.3. The van der Waals surface area contributed by atoms with Crippen LogP contribution in [-0.4, -0.2) is 23.9 Å². The number of hydrogen-bond donors (Lipinski definition) is 2. The van der Waals surface area contributed by atoms with Crippen LogP contribution in [-0.2, 0) is 0 Å². The Morgan fingerprint density at radius 1 is 0.595 bits per heavy atom. The number of carbonyl (C=O) groups is 2. The standard InChI is InChI=1S/C33H46N2O2/c1-22(2)26-9-13-28(14-10-26)32(36)34-30-17-5-24(6-18-30)21-25-7-19-31(20-8-25)35-33(37)29-15-11-27(12-16-29)23(3)4/h9-16,22-25,30-31H,5-8,17-21H2,1-4H3,(H,34,36)(H,35,37). The first-order valence-electron chi connectivity index (χ1n) is 14.6. The Morgan fingerprint density at radius 3 is 1.22 bits per heavy atom. The fourth-order valence-corrected chi connectivity index (χ4v) is 6.13. The van der Waals surface area contributed by atoms with Gasteiger partial charge >= 0.3 is 0 Å². The van der Waals surface area contributed by atoms with E-state index in [1.807, 2.05) is 24.3 Å². The predicted molar refractivity (Wildman–Crippen MR) is 152 cm³/mol. The van der Waals surface area contributed by atoms with Gasteiger partial charge in [0.05, 0.1) is 0 Å². The normalized spacial score (nSPS) is 24.2. The number of amides is 2. The summed E-state index contributed by atoms with van der Waals surface area (Å²) >= 11 is 0. The summed E-state index contributed by atoms with van der Waals surface area (Å²) in [5.41, 5.74) is 4.07. The number of hydrogen-bond acceptors (Lipinski definition) is 2. The molecule has 200 valence electrons. The topological polar surface area (TPSA) is 58.2 Å². The minimum atomic E-state index is 0.0648. The Bertz CT molecular complexity index is 926. The van der Waals surface area contributed by atoms with Crippen LogP contribution in [0.25, 0.3) is 0 Å². The van der Waals surface area contributed by atoms with E-state index < -0.39 is 0 Å². The van der Waals surface area contributed by atoms with E-state index in [2.05, 4.69) is 62.6 Å². The maximum absolute atomic E-state index is 12.7. The Morgan fingerprint density at radius 2 is 0.919 bits per heavy atom. The van der Waals surface area contributed by atoms with Gasteiger partial charge in [-0.15, -0.1) is 0 Å². The summed E-state index contributed by atoms with van der Waals surface area (Å²) in [6.07, 6.45) is 10.5. The maximum Gasteiger partial charge on any atom is 0.251 e. The molecule has 0 saturated heterocycles. The van der Waals surface area contributed by atoms with Crippen LogP contribution in [0.1, 0.15) is 129 Å². The Kier molecular flexibility index (Phi) is 9.45. The lowest BCUT2D eigenvalue weighted by molar-refractivity contribution is 0.0917. The van der Waals surface area contributed by atoms with Crippen molar-refractivity contribution in [3.8, 4) is 0 Å². The monoisotopic (exact) mass is 502 g/mol. The van der Waals surface area contributed by atoms with Gasteiger partial charge in [-0.2, -0.15) is 0 Å². The van der Waals surface area contributed by atoms with E-state index in [0.717, 1.165) is 48.6 Å². The molecule has 0 unspecified atom stereocenters. The highest BCUT2D eigenvalue weighted by Gasteiger charge is 2.28. The number of carbonyl (C=O) groups excluding carboxylic acids is 2. The van der Waals surface area contributed by atoms with Crippen molar-refractivity contribution in [1.29, 1.82) is 0 Å². The van der Waals surface area contributed by atoms with Crippen LogP contribution in [0.5, 0.6) is 0 Å². The van der Waals surface area contributed by atoms with Gasteiger partial charge in [-0.25, -0.2) is 0 Å². The average molecular weight is 503 g/mol. The molecule has 2 aliphatic carbocycles. The molecule has 0 aromatic heterocycles. The second kappa shape index (κ2) is 12.8. The summed E-state index contributed by atoms with van der Waals surface area (Å²) in [6.45, 7) is 8.69. The van der Waals surface area contributed by atoms with Gasteiger partial charge in [-0.3, -0.25) is 9.59 Å². The highest BCUT2D eigenvalue weighted by Crippen LogP contribution is 2.35. The van der Waals surface area contributed by atoms with Crippen molar-refractivity contribution in [3.63, 3.8) is 0 Å².